The third kappa shape index (κ3) is 3.21. The quantitative estimate of drug-likeness (QED) is 0.774. The molecular formula is C14H29N3. The third-order valence-electron chi connectivity index (χ3n) is 4.96. The molecule has 1 saturated carbocycles. The first-order valence-electron chi connectivity index (χ1n) is 7.27. The van der Waals surface area contributed by atoms with Crippen LogP contribution in [0.3, 0.4) is 0 Å². The SMILES string of the molecule is CNC1CCC(C(NC)C2CCN(C)C2)CC1. The fourth-order valence-corrected chi connectivity index (χ4v) is 3.89. The van der Waals surface area contributed by atoms with Crippen molar-refractivity contribution >= 4 is 0 Å². The van der Waals surface area contributed by atoms with E-state index in [2.05, 4.69) is 36.7 Å². The summed E-state index contributed by atoms with van der Waals surface area (Å²) in [5.41, 5.74) is 0. The van der Waals surface area contributed by atoms with Crippen molar-refractivity contribution in [1.82, 2.24) is 15.5 Å². The standard InChI is InChI=1S/C14H29N3/c1-15-13-6-4-11(5-7-13)14(16-2)12-8-9-17(3)10-12/h11-16H,4-10H2,1-3H3. The van der Waals surface area contributed by atoms with Gasteiger partial charge in [-0.25, -0.2) is 0 Å². The molecule has 2 aliphatic rings. The van der Waals surface area contributed by atoms with Gasteiger partial charge in [0.1, 0.15) is 0 Å². The molecule has 17 heavy (non-hydrogen) atoms. The molecule has 2 N–H and O–H groups in total. The van der Waals surface area contributed by atoms with Gasteiger partial charge in [0.2, 0.25) is 0 Å². The van der Waals surface area contributed by atoms with Crippen molar-refractivity contribution in [2.75, 3.05) is 34.2 Å². The van der Waals surface area contributed by atoms with Gasteiger partial charge in [-0.15, -0.1) is 0 Å². The van der Waals surface area contributed by atoms with Gasteiger partial charge in [-0.2, -0.15) is 0 Å². The number of hydrogen-bond acceptors (Lipinski definition) is 3. The molecule has 0 aromatic rings. The largest absolute Gasteiger partial charge is 0.317 e. The lowest BCUT2D eigenvalue weighted by atomic mass is 9.77. The smallest absolute Gasteiger partial charge is 0.0133 e. The van der Waals surface area contributed by atoms with E-state index in [0.29, 0.717) is 0 Å². The molecular weight excluding hydrogens is 210 g/mol. The highest BCUT2D eigenvalue weighted by Gasteiger charge is 2.34. The van der Waals surface area contributed by atoms with Crippen LogP contribution in [-0.4, -0.2) is 51.2 Å². The van der Waals surface area contributed by atoms with Crippen molar-refractivity contribution in [2.45, 2.75) is 44.2 Å². The molecule has 0 radical (unpaired) electrons. The molecule has 2 rings (SSSR count). The second kappa shape index (κ2) is 6.17. The van der Waals surface area contributed by atoms with Gasteiger partial charge in [0.15, 0.2) is 0 Å². The minimum absolute atomic E-state index is 0.748. The average Bonchev–Trinajstić information content (AvgIpc) is 2.78. The van der Waals surface area contributed by atoms with Crippen molar-refractivity contribution in [3.63, 3.8) is 0 Å². The van der Waals surface area contributed by atoms with Crippen molar-refractivity contribution in [1.29, 1.82) is 0 Å². The number of nitrogens with zero attached hydrogens (tertiary/aromatic N) is 1. The first-order valence-corrected chi connectivity index (χ1v) is 7.27. The van der Waals surface area contributed by atoms with Gasteiger partial charge in [0.25, 0.3) is 0 Å². The van der Waals surface area contributed by atoms with Gasteiger partial charge >= 0.3 is 0 Å². The molecule has 2 unspecified atom stereocenters. The van der Waals surface area contributed by atoms with Crippen LogP contribution in [0.4, 0.5) is 0 Å². The van der Waals surface area contributed by atoms with E-state index in [9.17, 15) is 0 Å². The molecule has 3 heteroatoms. The van der Waals surface area contributed by atoms with E-state index < -0.39 is 0 Å². The van der Waals surface area contributed by atoms with Crippen LogP contribution in [0.25, 0.3) is 0 Å². The van der Waals surface area contributed by atoms with Crippen LogP contribution in [-0.2, 0) is 0 Å². The Balaban J connectivity index is 1.86. The Morgan fingerprint density at radius 1 is 1.00 bits per heavy atom. The van der Waals surface area contributed by atoms with Gasteiger partial charge in [-0.1, -0.05) is 0 Å². The Labute approximate surface area is 106 Å². The summed E-state index contributed by atoms with van der Waals surface area (Å²) in [5.74, 6) is 1.78. The van der Waals surface area contributed by atoms with Gasteiger partial charge in [-0.3, -0.25) is 0 Å². The summed E-state index contributed by atoms with van der Waals surface area (Å²) in [6, 6.07) is 1.52. The van der Waals surface area contributed by atoms with Crippen molar-refractivity contribution in [3.8, 4) is 0 Å². The molecule has 0 bridgehead atoms. The second-order valence-corrected chi connectivity index (χ2v) is 6.03. The molecule has 0 amide bonds. The van der Waals surface area contributed by atoms with Gasteiger partial charge in [0.05, 0.1) is 0 Å². The average molecular weight is 239 g/mol. The van der Waals surface area contributed by atoms with Gasteiger partial charge in [0, 0.05) is 18.6 Å². The maximum atomic E-state index is 3.62. The van der Waals surface area contributed by atoms with Crippen LogP contribution in [0, 0.1) is 11.8 Å². The van der Waals surface area contributed by atoms with Crippen molar-refractivity contribution in [3.05, 3.63) is 0 Å². The zero-order valence-corrected chi connectivity index (χ0v) is 11.7. The molecule has 2 atom stereocenters. The van der Waals surface area contributed by atoms with Crippen LogP contribution in [0.15, 0.2) is 0 Å². The van der Waals surface area contributed by atoms with Crippen molar-refractivity contribution < 1.29 is 0 Å². The fourth-order valence-electron chi connectivity index (χ4n) is 3.89. The minimum Gasteiger partial charge on any atom is -0.317 e. The van der Waals surface area contributed by atoms with Crippen LogP contribution in [0.2, 0.25) is 0 Å². The number of hydrogen-bond donors (Lipinski definition) is 2. The van der Waals surface area contributed by atoms with E-state index in [1.54, 1.807) is 0 Å². The Morgan fingerprint density at radius 3 is 2.18 bits per heavy atom. The maximum absolute atomic E-state index is 3.62. The molecule has 0 aromatic carbocycles. The van der Waals surface area contributed by atoms with Crippen LogP contribution in [0.1, 0.15) is 32.1 Å². The molecule has 0 spiro atoms. The summed E-state index contributed by atoms with van der Waals surface area (Å²) >= 11 is 0. The molecule has 2 fully saturated rings. The van der Waals surface area contributed by atoms with E-state index >= 15 is 0 Å². The molecule has 0 aromatic heterocycles. The highest BCUT2D eigenvalue weighted by atomic mass is 15.1. The predicted octanol–water partition coefficient (Wildman–Crippen LogP) is 1.30. The zero-order valence-electron chi connectivity index (χ0n) is 11.7. The molecule has 100 valence electrons. The number of rotatable bonds is 4. The molecule has 3 nitrogen and oxygen atoms in total. The summed E-state index contributed by atoms with van der Waals surface area (Å²) in [6.45, 7) is 2.58. The minimum atomic E-state index is 0.748. The summed E-state index contributed by atoms with van der Waals surface area (Å²) in [6.07, 6.45) is 6.91. The van der Waals surface area contributed by atoms with Crippen LogP contribution in [0.5, 0.6) is 0 Å². The second-order valence-electron chi connectivity index (χ2n) is 6.03. The van der Waals surface area contributed by atoms with E-state index in [-0.39, 0.29) is 0 Å². The summed E-state index contributed by atoms with van der Waals surface area (Å²) < 4.78 is 0. The number of nitrogens with one attached hydrogen (secondary N) is 2. The van der Waals surface area contributed by atoms with Gasteiger partial charge < -0.3 is 15.5 Å². The molecule has 1 aliphatic heterocycles. The number of likely N-dealkylation sites (tertiary alicyclic amines) is 1. The molecule has 1 heterocycles. The Hall–Kier alpha value is -0.120. The fraction of sp³-hybridized carbons (Fsp3) is 1.00. The first kappa shape index (κ1) is 13.3. The lowest BCUT2D eigenvalue weighted by molar-refractivity contribution is 0.197. The summed E-state index contributed by atoms with van der Waals surface area (Å²) in [5, 5.41) is 7.05. The first-order chi connectivity index (χ1) is 8.24. The van der Waals surface area contributed by atoms with E-state index in [4.69, 9.17) is 0 Å². The monoisotopic (exact) mass is 239 g/mol. The normalized spacial score (nSPS) is 37.2. The zero-order chi connectivity index (χ0) is 12.3. The van der Waals surface area contributed by atoms with E-state index in [0.717, 1.165) is 23.9 Å². The lowest BCUT2D eigenvalue weighted by Gasteiger charge is -2.36. The Kier molecular flexibility index (Phi) is 4.83. The van der Waals surface area contributed by atoms with E-state index in [1.165, 1.54) is 45.2 Å². The predicted molar refractivity (Wildman–Crippen MR) is 73.3 cm³/mol. The highest BCUT2D eigenvalue weighted by Crippen LogP contribution is 2.32. The third-order valence-corrected chi connectivity index (χ3v) is 4.96. The maximum Gasteiger partial charge on any atom is 0.0133 e. The van der Waals surface area contributed by atoms with Crippen LogP contribution >= 0.6 is 0 Å². The summed E-state index contributed by atoms with van der Waals surface area (Å²) in [7, 11) is 6.52. The molecule has 1 saturated heterocycles. The van der Waals surface area contributed by atoms with Gasteiger partial charge in [-0.05, 0) is 71.6 Å². The Morgan fingerprint density at radius 2 is 1.71 bits per heavy atom. The highest BCUT2D eigenvalue weighted by molar-refractivity contribution is 4.90. The van der Waals surface area contributed by atoms with E-state index in [1.807, 2.05) is 0 Å². The topological polar surface area (TPSA) is 27.3 Å². The lowest BCUT2D eigenvalue weighted by Crippen LogP contribution is -2.44. The van der Waals surface area contributed by atoms with Crippen LogP contribution < -0.4 is 10.6 Å². The Bertz CT molecular complexity index is 224. The summed E-state index contributed by atoms with van der Waals surface area (Å²) in [4.78, 5) is 2.48. The molecule has 1 aliphatic carbocycles. The van der Waals surface area contributed by atoms with Crippen molar-refractivity contribution in [2.24, 2.45) is 11.8 Å².